The summed E-state index contributed by atoms with van der Waals surface area (Å²) >= 11 is 3.25. The molecule has 0 atom stereocenters. The van der Waals surface area contributed by atoms with Crippen molar-refractivity contribution in [3.05, 3.63) is 51.0 Å². The molecule has 0 saturated carbocycles. The van der Waals surface area contributed by atoms with Gasteiger partial charge in [0.15, 0.2) is 0 Å². The number of nitrogens with one attached hydrogen (secondary N) is 1. The second-order valence-corrected chi connectivity index (χ2v) is 4.77. The molecule has 0 aliphatic rings. The average molecular weight is 323 g/mol. The summed E-state index contributed by atoms with van der Waals surface area (Å²) in [6, 6.07) is 4.45. The maximum absolute atomic E-state index is 12.0. The molecule has 2 aromatic rings. The maximum atomic E-state index is 12.0. The minimum absolute atomic E-state index is 0.253. The van der Waals surface area contributed by atoms with Gasteiger partial charge in [0, 0.05) is 24.9 Å². The third-order valence-electron chi connectivity index (χ3n) is 2.46. The van der Waals surface area contributed by atoms with Gasteiger partial charge in [0.2, 0.25) is 0 Å². The normalized spacial score (nSPS) is 10.2. The van der Waals surface area contributed by atoms with E-state index in [4.69, 9.17) is 5.73 Å². The highest BCUT2D eigenvalue weighted by molar-refractivity contribution is 9.10. The quantitative estimate of drug-likeness (QED) is 0.873. The molecule has 0 saturated heterocycles. The number of amides is 1. The molecule has 0 spiro atoms. The summed E-state index contributed by atoms with van der Waals surface area (Å²) in [5.41, 5.74) is 6.06. The van der Waals surface area contributed by atoms with Crippen LogP contribution in [0.1, 0.15) is 10.4 Å². The number of carbonyl (C=O) groups is 1. The minimum Gasteiger partial charge on any atom is -0.397 e. The number of hydrogen-bond acceptors (Lipinski definition) is 4. The Bertz CT molecular complexity index is 696. The number of aromatic nitrogens is 2. The van der Waals surface area contributed by atoms with E-state index in [-0.39, 0.29) is 11.1 Å². The molecule has 0 unspecified atom stereocenters. The fourth-order valence-corrected chi connectivity index (χ4v) is 1.88. The summed E-state index contributed by atoms with van der Waals surface area (Å²) in [6.45, 7) is 0. The van der Waals surface area contributed by atoms with Crippen LogP contribution in [0.15, 0.2) is 39.9 Å². The summed E-state index contributed by atoms with van der Waals surface area (Å²) in [5, 5.41) is 2.60. The number of anilines is 2. The van der Waals surface area contributed by atoms with Crippen molar-refractivity contribution in [3.8, 4) is 0 Å². The lowest BCUT2D eigenvalue weighted by Gasteiger charge is -2.07. The van der Waals surface area contributed by atoms with Gasteiger partial charge < -0.3 is 15.6 Å². The zero-order valence-electron chi connectivity index (χ0n) is 10.1. The summed E-state index contributed by atoms with van der Waals surface area (Å²) in [6.07, 6.45) is 2.97. The van der Waals surface area contributed by atoms with E-state index in [9.17, 15) is 9.59 Å². The third-order valence-corrected chi connectivity index (χ3v) is 3.07. The van der Waals surface area contributed by atoms with Crippen molar-refractivity contribution in [2.45, 2.75) is 0 Å². The molecule has 0 radical (unpaired) electrons. The van der Waals surface area contributed by atoms with Gasteiger partial charge in [0.05, 0.1) is 16.4 Å². The van der Waals surface area contributed by atoms with Gasteiger partial charge in [-0.2, -0.15) is 0 Å². The van der Waals surface area contributed by atoms with Crippen LogP contribution in [-0.4, -0.2) is 15.5 Å². The Morgan fingerprint density at radius 3 is 2.84 bits per heavy atom. The summed E-state index contributed by atoms with van der Waals surface area (Å²) in [7, 11) is 1.61. The van der Waals surface area contributed by atoms with E-state index in [0.29, 0.717) is 16.0 Å². The van der Waals surface area contributed by atoms with Gasteiger partial charge in [0.1, 0.15) is 5.82 Å². The molecule has 6 nitrogen and oxygen atoms in total. The number of aryl methyl sites for hydroxylation is 1. The standard InChI is InChI=1S/C12H11BrN4O2/c1-17-3-2-7(4-10(17)18)12(19)16-11-9(13)5-8(14)6-15-11/h2-6H,14H2,1H3,(H,15,16,19). The van der Waals surface area contributed by atoms with Crippen LogP contribution >= 0.6 is 15.9 Å². The van der Waals surface area contributed by atoms with Gasteiger partial charge in [-0.1, -0.05) is 0 Å². The molecule has 98 valence electrons. The molecule has 0 aliphatic carbocycles. The Labute approximate surface area is 117 Å². The number of nitrogens with zero attached hydrogens (tertiary/aromatic N) is 2. The number of halogens is 1. The number of nitrogen functional groups attached to an aromatic ring is 1. The van der Waals surface area contributed by atoms with Gasteiger partial charge >= 0.3 is 0 Å². The fourth-order valence-electron chi connectivity index (χ4n) is 1.41. The Morgan fingerprint density at radius 2 is 2.21 bits per heavy atom. The molecular weight excluding hydrogens is 312 g/mol. The summed E-state index contributed by atoms with van der Waals surface area (Å²) in [5.74, 6) is -0.0597. The van der Waals surface area contributed by atoms with E-state index in [1.807, 2.05) is 0 Å². The summed E-state index contributed by atoms with van der Waals surface area (Å²) in [4.78, 5) is 27.4. The van der Waals surface area contributed by atoms with Crippen molar-refractivity contribution in [2.75, 3.05) is 11.1 Å². The molecule has 2 rings (SSSR count). The van der Waals surface area contributed by atoms with Gasteiger partial charge in [-0.05, 0) is 28.1 Å². The van der Waals surface area contributed by atoms with E-state index < -0.39 is 5.91 Å². The molecule has 19 heavy (non-hydrogen) atoms. The lowest BCUT2D eigenvalue weighted by molar-refractivity contribution is 0.102. The van der Waals surface area contributed by atoms with Crippen molar-refractivity contribution >= 4 is 33.3 Å². The highest BCUT2D eigenvalue weighted by atomic mass is 79.9. The topological polar surface area (TPSA) is 90.0 Å². The number of pyridine rings is 2. The second-order valence-electron chi connectivity index (χ2n) is 3.92. The second kappa shape index (κ2) is 5.23. The maximum Gasteiger partial charge on any atom is 0.257 e. The van der Waals surface area contributed by atoms with Crippen molar-refractivity contribution < 1.29 is 4.79 Å². The highest BCUT2D eigenvalue weighted by Gasteiger charge is 2.10. The molecule has 3 N–H and O–H groups in total. The van der Waals surface area contributed by atoms with E-state index in [0.717, 1.165) is 0 Å². The Hall–Kier alpha value is -2.15. The van der Waals surface area contributed by atoms with Gasteiger partial charge in [-0.3, -0.25) is 9.59 Å². The Morgan fingerprint density at radius 1 is 1.47 bits per heavy atom. The predicted molar refractivity (Wildman–Crippen MR) is 76.0 cm³/mol. The predicted octanol–water partition coefficient (Wildman–Crippen LogP) is 1.38. The average Bonchev–Trinajstić information content (AvgIpc) is 2.36. The molecule has 0 fully saturated rings. The van der Waals surface area contributed by atoms with Crippen LogP contribution in [0, 0.1) is 0 Å². The van der Waals surface area contributed by atoms with E-state index >= 15 is 0 Å². The van der Waals surface area contributed by atoms with Crippen LogP contribution in [0.4, 0.5) is 11.5 Å². The molecule has 7 heteroatoms. The molecular formula is C12H11BrN4O2. The van der Waals surface area contributed by atoms with Gasteiger partial charge in [-0.25, -0.2) is 4.98 Å². The van der Waals surface area contributed by atoms with Gasteiger partial charge in [-0.15, -0.1) is 0 Å². The SMILES string of the molecule is Cn1ccc(C(=O)Nc2ncc(N)cc2Br)cc1=O. The van der Waals surface area contributed by atoms with Crippen molar-refractivity contribution in [2.24, 2.45) is 7.05 Å². The largest absolute Gasteiger partial charge is 0.397 e. The zero-order chi connectivity index (χ0) is 14.0. The lowest BCUT2D eigenvalue weighted by Crippen LogP contribution is -2.20. The van der Waals surface area contributed by atoms with Crippen LogP contribution in [0.2, 0.25) is 0 Å². The molecule has 2 heterocycles. The van der Waals surface area contributed by atoms with Crippen LogP contribution < -0.4 is 16.6 Å². The van der Waals surface area contributed by atoms with E-state index in [2.05, 4.69) is 26.2 Å². The Kier molecular flexibility index (Phi) is 3.66. The summed E-state index contributed by atoms with van der Waals surface area (Å²) < 4.78 is 1.96. The van der Waals surface area contributed by atoms with Crippen molar-refractivity contribution in [3.63, 3.8) is 0 Å². The minimum atomic E-state index is -0.407. The third kappa shape index (κ3) is 3.00. The monoisotopic (exact) mass is 322 g/mol. The number of hydrogen-bond donors (Lipinski definition) is 2. The first-order valence-corrected chi connectivity index (χ1v) is 6.16. The molecule has 2 aromatic heterocycles. The zero-order valence-corrected chi connectivity index (χ0v) is 11.6. The molecule has 0 aliphatic heterocycles. The number of carbonyl (C=O) groups excluding carboxylic acids is 1. The number of nitrogens with two attached hydrogens (primary N) is 1. The smallest absolute Gasteiger partial charge is 0.257 e. The van der Waals surface area contributed by atoms with Crippen molar-refractivity contribution in [1.82, 2.24) is 9.55 Å². The first-order valence-electron chi connectivity index (χ1n) is 5.36. The Balaban J connectivity index is 2.25. The van der Waals surface area contributed by atoms with Crippen molar-refractivity contribution in [1.29, 1.82) is 0 Å². The van der Waals surface area contributed by atoms with E-state index in [1.54, 1.807) is 19.2 Å². The molecule has 1 amide bonds. The van der Waals surface area contributed by atoms with Crippen LogP contribution in [0.5, 0.6) is 0 Å². The molecule has 0 aromatic carbocycles. The van der Waals surface area contributed by atoms with Crippen LogP contribution in [-0.2, 0) is 7.05 Å². The highest BCUT2D eigenvalue weighted by Crippen LogP contribution is 2.22. The van der Waals surface area contributed by atoms with E-state index in [1.165, 1.54) is 23.0 Å². The van der Waals surface area contributed by atoms with Gasteiger partial charge in [0.25, 0.3) is 11.5 Å². The lowest BCUT2D eigenvalue weighted by atomic mass is 10.2. The first-order chi connectivity index (χ1) is 8.97. The first kappa shape index (κ1) is 13.3. The van der Waals surface area contributed by atoms with Crippen LogP contribution in [0.25, 0.3) is 0 Å². The molecule has 0 bridgehead atoms. The fraction of sp³-hybridized carbons (Fsp3) is 0.0833. The number of rotatable bonds is 2. The van der Waals surface area contributed by atoms with Crippen LogP contribution in [0.3, 0.4) is 0 Å².